The van der Waals surface area contributed by atoms with Crippen molar-refractivity contribution in [2.45, 2.75) is 32.6 Å². The second-order valence-corrected chi connectivity index (χ2v) is 7.44. The minimum Gasteiger partial charge on any atom is -0.483 e. The number of nitrogens with two attached hydrogens (primary N) is 1. The summed E-state index contributed by atoms with van der Waals surface area (Å²) in [5.74, 6) is -0.548. The normalized spacial score (nSPS) is 13.0. The van der Waals surface area contributed by atoms with Crippen molar-refractivity contribution in [3.8, 4) is 5.75 Å². The van der Waals surface area contributed by atoms with Crippen molar-refractivity contribution in [3.05, 3.63) is 69.1 Å². The molecule has 0 fully saturated rings. The predicted molar refractivity (Wildman–Crippen MR) is 113 cm³/mol. The number of carbonyl (C=O) groups excluding carboxylic acids is 2. The largest absolute Gasteiger partial charge is 0.483 e. The van der Waals surface area contributed by atoms with Crippen LogP contribution in [0.3, 0.4) is 0 Å². The fourth-order valence-electron chi connectivity index (χ4n) is 3.92. The Morgan fingerprint density at radius 3 is 2.63 bits per heavy atom. The Hall–Kier alpha value is -3.61. The summed E-state index contributed by atoms with van der Waals surface area (Å²) in [6.07, 6.45) is 3.40. The quantitative estimate of drug-likeness (QED) is 0.633. The lowest BCUT2D eigenvalue weighted by molar-refractivity contribution is -0.118. The number of hydrogen-bond acceptors (Lipinski definition) is 5. The number of amides is 2. The summed E-state index contributed by atoms with van der Waals surface area (Å²) in [5, 5.41) is 3.41. The van der Waals surface area contributed by atoms with Gasteiger partial charge in [-0.15, -0.1) is 0 Å². The zero-order chi connectivity index (χ0) is 21.3. The number of fused-ring (bicyclic) bond motifs is 3. The van der Waals surface area contributed by atoms with Crippen molar-refractivity contribution in [1.29, 1.82) is 0 Å². The Kier molecular flexibility index (Phi) is 5.27. The minimum absolute atomic E-state index is 0.225. The molecule has 0 aliphatic heterocycles. The first-order valence-corrected chi connectivity index (χ1v) is 9.84. The van der Waals surface area contributed by atoms with Crippen molar-refractivity contribution in [1.82, 2.24) is 0 Å². The SMILES string of the molecule is Cc1cc(OCC(=O)Nc2ccccc2C(N)=O)c2c3c(c(=O)oc2c1)CCCC3. The van der Waals surface area contributed by atoms with Gasteiger partial charge in [-0.25, -0.2) is 4.79 Å². The van der Waals surface area contributed by atoms with Gasteiger partial charge < -0.3 is 20.2 Å². The Bertz CT molecular complexity index is 1210. The molecule has 7 heteroatoms. The molecule has 30 heavy (non-hydrogen) atoms. The van der Waals surface area contributed by atoms with Crippen LogP contribution in [0.25, 0.3) is 11.0 Å². The maximum Gasteiger partial charge on any atom is 0.339 e. The van der Waals surface area contributed by atoms with E-state index in [0.29, 0.717) is 29.0 Å². The smallest absolute Gasteiger partial charge is 0.339 e. The molecule has 2 aromatic carbocycles. The highest BCUT2D eigenvalue weighted by Crippen LogP contribution is 2.34. The first kappa shape index (κ1) is 19.7. The molecule has 1 aromatic heterocycles. The summed E-state index contributed by atoms with van der Waals surface area (Å²) in [7, 11) is 0. The molecule has 0 spiro atoms. The fourth-order valence-corrected chi connectivity index (χ4v) is 3.92. The van der Waals surface area contributed by atoms with Gasteiger partial charge in [0.2, 0.25) is 0 Å². The second kappa shape index (κ2) is 8.02. The van der Waals surface area contributed by atoms with Crippen molar-refractivity contribution < 1.29 is 18.7 Å². The number of aryl methyl sites for hydroxylation is 2. The number of hydrogen-bond donors (Lipinski definition) is 2. The number of para-hydroxylation sites is 1. The van der Waals surface area contributed by atoms with Crippen LogP contribution in [0.1, 0.15) is 39.9 Å². The molecule has 1 aliphatic rings. The number of ether oxygens (including phenoxy) is 1. The molecule has 0 unspecified atom stereocenters. The van der Waals surface area contributed by atoms with Gasteiger partial charge in [0.15, 0.2) is 6.61 Å². The van der Waals surface area contributed by atoms with Crippen LogP contribution in [0.15, 0.2) is 45.6 Å². The summed E-state index contributed by atoms with van der Waals surface area (Å²) in [4.78, 5) is 36.3. The lowest BCUT2D eigenvalue weighted by Gasteiger charge is -2.19. The summed E-state index contributed by atoms with van der Waals surface area (Å²) in [5.41, 5.74) is 8.58. The van der Waals surface area contributed by atoms with Crippen LogP contribution < -0.4 is 21.4 Å². The van der Waals surface area contributed by atoms with Gasteiger partial charge in [-0.2, -0.15) is 0 Å². The number of rotatable bonds is 5. The molecule has 0 saturated heterocycles. The zero-order valence-corrected chi connectivity index (χ0v) is 16.6. The standard InChI is InChI=1S/C23H22N2O5/c1-13-10-18(21-14-6-2-3-7-15(14)23(28)30-19(21)11-13)29-12-20(26)25-17-9-5-4-8-16(17)22(24)27/h4-5,8-11H,2-3,6-7,12H2,1H3,(H2,24,27)(H,25,26). The summed E-state index contributed by atoms with van der Waals surface area (Å²) >= 11 is 0. The fraction of sp³-hybridized carbons (Fsp3) is 0.261. The van der Waals surface area contributed by atoms with Crippen LogP contribution in [0.2, 0.25) is 0 Å². The highest BCUT2D eigenvalue weighted by molar-refractivity contribution is 6.03. The van der Waals surface area contributed by atoms with Gasteiger partial charge in [0.25, 0.3) is 11.8 Å². The van der Waals surface area contributed by atoms with Crippen molar-refractivity contribution in [3.63, 3.8) is 0 Å². The van der Waals surface area contributed by atoms with Crippen molar-refractivity contribution >= 4 is 28.5 Å². The van der Waals surface area contributed by atoms with Crippen LogP contribution in [0, 0.1) is 6.92 Å². The molecule has 0 radical (unpaired) electrons. The maximum atomic E-state index is 12.5. The van der Waals surface area contributed by atoms with E-state index in [4.69, 9.17) is 14.9 Å². The van der Waals surface area contributed by atoms with E-state index in [1.807, 2.05) is 19.1 Å². The van der Waals surface area contributed by atoms with Gasteiger partial charge >= 0.3 is 5.63 Å². The Balaban J connectivity index is 1.62. The van der Waals surface area contributed by atoms with Gasteiger partial charge in [-0.3, -0.25) is 9.59 Å². The third kappa shape index (κ3) is 3.78. The van der Waals surface area contributed by atoms with Crippen LogP contribution in [0.4, 0.5) is 5.69 Å². The van der Waals surface area contributed by atoms with E-state index in [0.717, 1.165) is 35.8 Å². The monoisotopic (exact) mass is 406 g/mol. The van der Waals surface area contributed by atoms with Gasteiger partial charge in [-0.1, -0.05) is 12.1 Å². The van der Waals surface area contributed by atoms with Crippen LogP contribution in [-0.4, -0.2) is 18.4 Å². The molecular weight excluding hydrogens is 384 g/mol. The van der Waals surface area contributed by atoms with E-state index in [1.54, 1.807) is 24.3 Å². The highest BCUT2D eigenvalue weighted by Gasteiger charge is 2.21. The van der Waals surface area contributed by atoms with Gasteiger partial charge in [0, 0.05) is 5.56 Å². The van der Waals surface area contributed by atoms with E-state index in [-0.39, 0.29) is 17.8 Å². The molecule has 0 bridgehead atoms. The van der Waals surface area contributed by atoms with E-state index < -0.39 is 11.8 Å². The predicted octanol–water partition coefficient (Wildman–Crippen LogP) is 3.10. The Labute approximate surface area is 172 Å². The molecule has 0 atom stereocenters. The van der Waals surface area contributed by atoms with Crippen LogP contribution in [-0.2, 0) is 17.6 Å². The molecular formula is C23H22N2O5. The molecule has 1 aliphatic carbocycles. The van der Waals surface area contributed by atoms with Crippen LogP contribution in [0.5, 0.6) is 5.75 Å². The number of carbonyl (C=O) groups is 2. The molecule has 1 heterocycles. The molecule has 0 saturated carbocycles. The number of nitrogens with one attached hydrogen (secondary N) is 1. The zero-order valence-electron chi connectivity index (χ0n) is 16.6. The average Bonchev–Trinajstić information content (AvgIpc) is 2.72. The van der Waals surface area contributed by atoms with Crippen molar-refractivity contribution in [2.24, 2.45) is 5.73 Å². The molecule has 154 valence electrons. The molecule has 7 nitrogen and oxygen atoms in total. The molecule has 4 rings (SSSR count). The van der Waals surface area contributed by atoms with Gasteiger partial charge in [0.05, 0.1) is 16.6 Å². The minimum atomic E-state index is -0.627. The van der Waals surface area contributed by atoms with E-state index >= 15 is 0 Å². The number of anilines is 1. The Morgan fingerprint density at radius 1 is 1.13 bits per heavy atom. The second-order valence-electron chi connectivity index (χ2n) is 7.44. The lowest BCUT2D eigenvalue weighted by Crippen LogP contribution is -2.23. The topological polar surface area (TPSA) is 112 Å². The first-order chi connectivity index (χ1) is 14.4. The average molecular weight is 406 g/mol. The molecule has 3 N–H and O–H groups in total. The van der Waals surface area contributed by atoms with Crippen LogP contribution >= 0.6 is 0 Å². The first-order valence-electron chi connectivity index (χ1n) is 9.84. The summed E-state index contributed by atoms with van der Waals surface area (Å²) in [6, 6.07) is 10.2. The van der Waals surface area contributed by atoms with Gasteiger partial charge in [0.1, 0.15) is 11.3 Å². The summed E-state index contributed by atoms with van der Waals surface area (Å²) in [6.45, 7) is 1.61. The molecule has 2 amide bonds. The summed E-state index contributed by atoms with van der Waals surface area (Å²) < 4.78 is 11.4. The highest BCUT2D eigenvalue weighted by atomic mass is 16.5. The Morgan fingerprint density at radius 2 is 1.87 bits per heavy atom. The van der Waals surface area contributed by atoms with E-state index in [1.165, 1.54) is 0 Å². The third-order valence-corrected chi connectivity index (χ3v) is 5.25. The van der Waals surface area contributed by atoms with Gasteiger partial charge in [-0.05, 0) is 68.0 Å². The number of benzene rings is 2. The number of primary amides is 1. The molecule has 3 aromatic rings. The van der Waals surface area contributed by atoms with Crippen molar-refractivity contribution in [2.75, 3.05) is 11.9 Å². The maximum absolute atomic E-state index is 12.5. The van der Waals surface area contributed by atoms with E-state index in [2.05, 4.69) is 5.32 Å². The van der Waals surface area contributed by atoms with E-state index in [9.17, 15) is 14.4 Å². The third-order valence-electron chi connectivity index (χ3n) is 5.25. The lowest BCUT2D eigenvalue weighted by atomic mass is 9.90.